The highest BCUT2D eigenvalue weighted by molar-refractivity contribution is 6.31. The Bertz CT molecular complexity index is 943. The molecule has 1 aliphatic rings. The minimum Gasteiger partial charge on any atom is -0.478 e. The summed E-state index contributed by atoms with van der Waals surface area (Å²) in [4.78, 5) is 27.5. The van der Waals surface area contributed by atoms with Crippen molar-refractivity contribution in [2.75, 3.05) is 11.4 Å². The molecule has 1 atom stereocenters. The normalized spacial score (nSPS) is 16.4. The van der Waals surface area contributed by atoms with E-state index in [4.69, 9.17) is 16.3 Å². The third-order valence-corrected chi connectivity index (χ3v) is 5.01. The van der Waals surface area contributed by atoms with E-state index in [2.05, 4.69) is 0 Å². The first kappa shape index (κ1) is 21.9. The molecule has 30 heavy (non-hydrogen) atoms. The van der Waals surface area contributed by atoms with Gasteiger partial charge in [0.2, 0.25) is 0 Å². The molecule has 1 aliphatic heterocycles. The molecule has 6 nitrogen and oxygen atoms in total. The molecule has 160 valence electrons. The second-order valence-corrected chi connectivity index (χ2v) is 8.52. The van der Waals surface area contributed by atoms with Crippen LogP contribution in [0.2, 0.25) is 5.02 Å². The molecule has 1 saturated heterocycles. The van der Waals surface area contributed by atoms with E-state index in [1.807, 2.05) is 4.90 Å². The first-order valence-electron chi connectivity index (χ1n) is 9.64. The number of rotatable bonds is 4. The van der Waals surface area contributed by atoms with Crippen molar-refractivity contribution in [1.29, 1.82) is 0 Å². The summed E-state index contributed by atoms with van der Waals surface area (Å²) in [7, 11) is 0. The number of benzene rings is 2. The molecule has 1 amide bonds. The van der Waals surface area contributed by atoms with Crippen molar-refractivity contribution in [2.24, 2.45) is 0 Å². The Hall–Kier alpha value is -2.80. The van der Waals surface area contributed by atoms with Crippen molar-refractivity contribution >= 4 is 35.0 Å². The van der Waals surface area contributed by atoms with E-state index in [0.717, 1.165) is 6.42 Å². The maximum Gasteiger partial charge on any atom is 0.411 e. The first-order chi connectivity index (χ1) is 14.1. The van der Waals surface area contributed by atoms with Gasteiger partial charge in [-0.1, -0.05) is 11.6 Å². The van der Waals surface area contributed by atoms with Crippen LogP contribution >= 0.6 is 11.6 Å². The van der Waals surface area contributed by atoms with Gasteiger partial charge in [-0.2, -0.15) is 0 Å². The van der Waals surface area contributed by atoms with Crippen molar-refractivity contribution < 1.29 is 23.8 Å². The zero-order valence-electron chi connectivity index (χ0n) is 17.1. The van der Waals surface area contributed by atoms with Crippen LogP contribution in [-0.2, 0) is 4.74 Å². The van der Waals surface area contributed by atoms with Crippen molar-refractivity contribution in [2.45, 2.75) is 45.4 Å². The van der Waals surface area contributed by atoms with Gasteiger partial charge in [-0.15, -0.1) is 0 Å². The fourth-order valence-corrected chi connectivity index (χ4v) is 3.62. The van der Waals surface area contributed by atoms with Crippen LogP contribution in [0.3, 0.4) is 0 Å². The summed E-state index contributed by atoms with van der Waals surface area (Å²) in [5.74, 6) is -1.58. The van der Waals surface area contributed by atoms with Crippen LogP contribution in [0.4, 0.5) is 20.6 Å². The second-order valence-electron chi connectivity index (χ2n) is 8.12. The lowest BCUT2D eigenvalue weighted by Gasteiger charge is -2.37. The van der Waals surface area contributed by atoms with E-state index in [-0.39, 0.29) is 10.6 Å². The van der Waals surface area contributed by atoms with Crippen LogP contribution in [0.15, 0.2) is 42.5 Å². The number of amides is 1. The number of carbonyl (C=O) groups excluding carboxylic acids is 1. The minimum absolute atomic E-state index is 0.0403. The predicted molar refractivity (Wildman–Crippen MR) is 113 cm³/mol. The Labute approximate surface area is 179 Å². The predicted octanol–water partition coefficient (Wildman–Crippen LogP) is 5.67. The molecule has 0 aromatic heterocycles. The largest absolute Gasteiger partial charge is 0.478 e. The number of hydrogen-bond donors (Lipinski definition) is 1. The Morgan fingerprint density at radius 3 is 2.37 bits per heavy atom. The summed E-state index contributed by atoms with van der Waals surface area (Å²) in [6.07, 6.45) is 0.597. The standard InChI is InChI=1S/C22H24ClFN2O4/c1-22(2,3)30-21(29)25-12-4-5-19(25)26(16-10-11-18(24)17(23)13-16)15-8-6-14(7-9-15)20(27)28/h6-11,13,19H,4-5,12H2,1-3H3,(H,27,28)/t19-/m1/s1. The molecule has 0 aliphatic carbocycles. The average molecular weight is 435 g/mol. The number of hydrogen-bond acceptors (Lipinski definition) is 4. The van der Waals surface area contributed by atoms with Crippen LogP contribution in [0, 0.1) is 5.82 Å². The number of likely N-dealkylation sites (tertiary alicyclic amines) is 1. The lowest BCUT2D eigenvalue weighted by Crippen LogP contribution is -2.47. The highest BCUT2D eigenvalue weighted by atomic mass is 35.5. The molecule has 0 unspecified atom stereocenters. The first-order valence-corrected chi connectivity index (χ1v) is 10.0. The van der Waals surface area contributed by atoms with E-state index in [1.165, 1.54) is 24.3 Å². The van der Waals surface area contributed by atoms with Gasteiger partial charge in [-0.05, 0) is 76.1 Å². The number of carboxylic acids is 1. The molecule has 2 aromatic rings. The fraction of sp³-hybridized carbons (Fsp3) is 0.364. The fourth-order valence-electron chi connectivity index (χ4n) is 3.44. The van der Waals surface area contributed by atoms with E-state index >= 15 is 0 Å². The SMILES string of the molecule is CC(C)(C)OC(=O)N1CCC[C@H]1N(c1ccc(C(=O)O)cc1)c1ccc(F)c(Cl)c1. The summed E-state index contributed by atoms with van der Waals surface area (Å²) in [5, 5.41) is 9.15. The molecule has 3 rings (SSSR count). The number of aromatic carboxylic acids is 1. The Morgan fingerprint density at radius 2 is 1.80 bits per heavy atom. The van der Waals surface area contributed by atoms with Crippen molar-refractivity contribution in [3.8, 4) is 0 Å². The quantitative estimate of drug-likeness (QED) is 0.671. The van der Waals surface area contributed by atoms with Gasteiger partial charge in [0.05, 0.1) is 10.6 Å². The number of halogens is 2. The Balaban J connectivity index is 2.03. The van der Waals surface area contributed by atoms with Crippen molar-refractivity contribution in [1.82, 2.24) is 4.90 Å². The number of nitrogens with zero attached hydrogens (tertiary/aromatic N) is 2. The molecule has 2 aromatic carbocycles. The number of ether oxygens (including phenoxy) is 1. The number of carbonyl (C=O) groups is 2. The maximum absolute atomic E-state index is 13.8. The van der Waals surface area contributed by atoms with Gasteiger partial charge in [0, 0.05) is 17.9 Å². The smallest absolute Gasteiger partial charge is 0.411 e. The Morgan fingerprint density at radius 1 is 1.17 bits per heavy atom. The summed E-state index contributed by atoms with van der Waals surface area (Å²) >= 11 is 6.02. The van der Waals surface area contributed by atoms with Gasteiger partial charge in [0.15, 0.2) is 0 Å². The highest BCUT2D eigenvalue weighted by Gasteiger charge is 2.37. The summed E-state index contributed by atoms with van der Waals surface area (Å²) < 4.78 is 19.3. The lowest BCUT2D eigenvalue weighted by atomic mass is 10.1. The molecular formula is C22H24ClFN2O4. The molecule has 0 spiro atoms. The summed E-state index contributed by atoms with van der Waals surface area (Å²) in [6, 6.07) is 10.6. The molecule has 1 fully saturated rings. The van der Waals surface area contributed by atoms with Gasteiger partial charge >= 0.3 is 12.1 Å². The zero-order valence-corrected chi connectivity index (χ0v) is 17.8. The van der Waals surface area contributed by atoms with Crippen molar-refractivity contribution in [3.63, 3.8) is 0 Å². The summed E-state index contributed by atoms with van der Waals surface area (Å²) in [5.41, 5.74) is 0.747. The highest BCUT2D eigenvalue weighted by Crippen LogP contribution is 2.36. The third-order valence-electron chi connectivity index (χ3n) is 4.72. The molecule has 1 N–H and O–H groups in total. The average Bonchev–Trinajstić information content (AvgIpc) is 3.13. The zero-order chi connectivity index (χ0) is 22.1. The molecule has 0 bridgehead atoms. The van der Waals surface area contributed by atoms with Crippen LogP contribution in [0.1, 0.15) is 44.0 Å². The Kier molecular flexibility index (Phi) is 6.22. The molecule has 0 radical (unpaired) electrons. The molecule has 0 saturated carbocycles. The van der Waals surface area contributed by atoms with Crippen molar-refractivity contribution in [3.05, 3.63) is 58.9 Å². The van der Waals surface area contributed by atoms with Crippen LogP contribution in [0.25, 0.3) is 0 Å². The van der Waals surface area contributed by atoms with Gasteiger partial charge in [-0.3, -0.25) is 4.90 Å². The van der Waals surface area contributed by atoms with E-state index in [0.29, 0.717) is 24.3 Å². The second kappa shape index (κ2) is 8.52. The van der Waals surface area contributed by atoms with Crippen LogP contribution in [0.5, 0.6) is 0 Å². The maximum atomic E-state index is 13.8. The third kappa shape index (κ3) is 4.84. The van der Waals surface area contributed by atoms with E-state index < -0.39 is 29.6 Å². The van der Waals surface area contributed by atoms with Crippen LogP contribution in [-0.4, -0.2) is 40.4 Å². The lowest BCUT2D eigenvalue weighted by molar-refractivity contribution is 0.0230. The molecule has 8 heteroatoms. The van der Waals surface area contributed by atoms with Gasteiger partial charge in [0.1, 0.15) is 17.6 Å². The van der Waals surface area contributed by atoms with E-state index in [1.54, 1.807) is 43.9 Å². The topological polar surface area (TPSA) is 70.1 Å². The molecule has 1 heterocycles. The van der Waals surface area contributed by atoms with Gasteiger partial charge in [-0.25, -0.2) is 14.0 Å². The summed E-state index contributed by atoms with van der Waals surface area (Å²) in [6.45, 7) is 5.92. The van der Waals surface area contributed by atoms with E-state index in [9.17, 15) is 19.1 Å². The number of anilines is 2. The monoisotopic (exact) mass is 434 g/mol. The molecular weight excluding hydrogens is 411 g/mol. The van der Waals surface area contributed by atoms with Crippen LogP contribution < -0.4 is 4.90 Å². The van der Waals surface area contributed by atoms with Gasteiger partial charge < -0.3 is 14.7 Å². The van der Waals surface area contributed by atoms with Gasteiger partial charge in [0.25, 0.3) is 0 Å². The minimum atomic E-state index is -1.03. The number of carboxylic acid groups (broad SMARTS) is 1.